The van der Waals surface area contributed by atoms with Crippen LogP contribution in [0.25, 0.3) is 16.7 Å². The SMILES string of the molecule is Cc1cc(-c2cccc3c2Nc2ccccc2CC32C3=CCCC=C3c3ccccc32)c2c(c1)N(c1ccccc1)c1cc(C)c(C(C)(C)c3ccccc3C)cc1[B]2. The smallest absolute Gasteiger partial charge is 0.197 e. The fraction of sp³-hybridized carbons (Fsp3) is 0.179. The molecule has 1 radical (unpaired) electrons. The summed E-state index contributed by atoms with van der Waals surface area (Å²) in [4.78, 5) is 2.50. The van der Waals surface area contributed by atoms with Gasteiger partial charge in [0.25, 0.3) is 0 Å². The Morgan fingerprint density at radius 1 is 0.610 bits per heavy atom. The number of nitrogens with one attached hydrogen (secondary N) is 1. The first-order valence-electron chi connectivity index (χ1n) is 21.3. The zero-order chi connectivity index (χ0) is 40.0. The average Bonchev–Trinajstić information content (AvgIpc) is 3.43. The highest BCUT2D eigenvalue weighted by Crippen LogP contribution is 2.60. The molecule has 0 saturated heterocycles. The van der Waals surface area contributed by atoms with Gasteiger partial charge in [-0.1, -0.05) is 147 Å². The fourth-order valence-electron chi connectivity index (χ4n) is 11.2. The van der Waals surface area contributed by atoms with Crippen LogP contribution in [-0.4, -0.2) is 7.28 Å². The molecule has 0 aromatic heterocycles. The number of hydrogen-bond donors (Lipinski definition) is 1. The van der Waals surface area contributed by atoms with Crippen molar-refractivity contribution < 1.29 is 0 Å². The molecule has 1 atom stereocenters. The van der Waals surface area contributed by atoms with E-state index in [9.17, 15) is 0 Å². The van der Waals surface area contributed by atoms with Crippen molar-refractivity contribution in [2.24, 2.45) is 0 Å². The van der Waals surface area contributed by atoms with E-state index < -0.39 is 0 Å². The number of nitrogens with zero attached hydrogens (tertiary/aromatic N) is 1. The molecule has 59 heavy (non-hydrogen) atoms. The number of allylic oxidation sites excluding steroid dienone is 4. The molecule has 7 aromatic rings. The third-order valence-corrected chi connectivity index (χ3v) is 13.8. The second-order valence-electron chi connectivity index (χ2n) is 17.7. The summed E-state index contributed by atoms with van der Waals surface area (Å²) in [5.41, 5.74) is 25.3. The lowest BCUT2D eigenvalue weighted by Crippen LogP contribution is -2.42. The standard InChI is InChI=1S/C56H48BN2/c1-35-30-43(42-24-17-28-47-54(42)58-50-29-16-10-19-38(50)34-56(47)45-26-14-11-22-40(45)41-23-12-15-27-46(41)56)53-52(31-35)59(39-20-7-6-8-21-39)51-32-37(3)48(33-49(51)57-53)55(4,5)44-25-13-9-18-36(44)2/h6-11,13-14,16-33,58H,12,15,34H2,1-5H3. The summed E-state index contributed by atoms with van der Waals surface area (Å²) in [6.07, 6.45) is 8.09. The Hall–Kier alpha value is -6.32. The Morgan fingerprint density at radius 3 is 2.20 bits per heavy atom. The van der Waals surface area contributed by atoms with Gasteiger partial charge in [0.05, 0.1) is 11.1 Å². The number of rotatable bonds is 4. The maximum atomic E-state index is 4.12. The summed E-state index contributed by atoms with van der Waals surface area (Å²) in [6, 6.07) is 54.8. The first kappa shape index (κ1) is 35.8. The second-order valence-corrected chi connectivity index (χ2v) is 17.7. The van der Waals surface area contributed by atoms with E-state index in [-0.39, 0.29) is 10.8 Å². The maximum absolute atomic E-state index is 4.12. The highest BCUT2D eigenvalue weighted by molar-refractivity contribution is 6.73. The van der Waals surface area contributed by atoms with Crippen LogP contribution >= 0.6 is 0 Å². The first-order chi connectivity index (χ1) is 28.7. The molecule has 2 nitrogen and oxygen atoms in total. The van der Waals surface area contributed by atoms with Gasteiger partial charge in [0.1, 0.15) is 0 Å². The number of anilines is 5. The van der Waals surface area contributed by atoms with Gasteiger partial charge in [0, 0.05) is 33.7 Å². The third-order valence-electron chi connectivity index (χ3n) is 13.8. The van der Waals surface area contributed by atoms with Crippen LogP contribution < -0.4 is 21.1 Å². The van der Waals surface area contributed by atoms with Gasteiger partial charge < -0.3 is 10.2 Å². The predicted molar refractivity (Wildman–Crippen MR) is 250 cm³/mol. The molecule has 11 rings (SSSR count). The lowest BCUT2D eigenvalue weighted by molar-refractivity contribution is 0.632. The van der Waals surface area contributed by atoms with Crippen LogP contribution in [0.1, 0.15) is 76.8 Å². The fourth-order valence-corrected chi connectivity index (χ4v) is 11.2. The minimum atomic E-state index is -0.322. The second kappa shape index (κ2) is 13.4. The van der Waals surface area contributed by atoms with Crippen molar-refractivity contribution in [1.29, 1.82) is 0 Å². The largest absolute Gasteiger partial charge is 0.355 e. The van der Waals surface area contributed by atoms with E-state index in [1.807, 2.05) is 0 Å². The van der Waals surface area contributed by atoms with E-state index in [0.717, 1.165) is 24.9 Å². The number of fused-ring (bicyclic) bond motifs is 10. The van der Waals surface area contributed by atoms with Crippen LogP contribution in [0, 0.1) is 20.8 Å². The van der Waals surface area contributed by atoms with Gasteiger partial charge in [-0.15, -0.1) is 0 Å². The van der Waals surface area contributed by atoms with Crippen LogP contribution in [-0.2, 0) is 17.3 Å². The summed E-state index contributed by atoms with van der Waals surface area (Å²) in [6.45, 7) is 11.5. The van der Waals surface area contributed by atoms with Crippen molar-refractivity contribution in [3.8, 4) is 11.1 Å². The molecule has 1 unspecified atom stereocenters. The minimum Gasteiger partial charge on any atom is -0.355 e. The molecule has 285 valence electrons. The zero-order valence-electron chi connectivity index (χ0n) is 34.7. The van der Waals surface area contributed by atoms with E-state index in [2.05, 4.69) is 210 Å². The van der Waals surface area contributed by atoms with Gasteiger partial charge in [0.2, 0.25) is 0 Å². The number of benzene rings is 7. The zero-order valence-corrected chi connectivity index (χ0v) is 34.7. The molecule has 1 spiro atoms. The van der Waals surface area contributed by atoms with E-state index in [4.69, 9.17) is 0 Å². The molecule has 2 heterocycles. The Morgan fingerprint density at radius 2 is 1.34 bits per heavy atom. The van der Waals surface area contributed by atoms with Crippen LogP contribution in [0.3, 0.4) is 0 Å². The van der Waals surface area contributed by atoms with Gasteiger partial charge in [-0.05, 0) is 143 Å². The third kappa shape index (κ3) is 5.33. The van der Waals surface area contributed by atoms with Crippen molar-refractivity contribution in [1.82, 2.24) is 0 Å². The van der Waals surface area contributed by atoms with Gasteiger partial charge in [-0.25, -0.2) is 0 Å². The predicted octanol–water partition coefficient (Wildman–Crippen LogP) is 12.7. The first-order valence-corrected chi connectivity index (χ1v) is 21.3. The van der Waals surface area contributed by atoms with Crippen molar-refractivity contribution in [3.05, 3.63) is 213 Å². The van der Waals surface area contributed by atoms with Gasteiger partial charge >= 0.3 is 0 Å². The van der Waals surface area contributed by atoms with Gasteiger partial charge in [-0.2, -0.15) is 0 Å². The average molecular weight is 760 g/mol. The minimum absolute atomic E-state index is 0.187. The molecule has 1 N–H and O–H groups in total. The summed E-state index contributed by atoms with van der Waals surface area (Å²) < 4.78 is 0. The Bertz CT molecular complexity index is 2930. The number of aryl methyl sites for hydroxylation is 3. The Labute approximate surface area is 350 Å². The van der Waals surface area contributed by atoms with E-state index in [0.29, 0.717) is 0 Å². The lowest BCUT2D eigenvalue weighted by Gasteiger charge is -2.38. The van der Waals surface area contributed by atoms with Crippen molar-refractivity contribution >= 4 is 52.2 Å². The van der Waals surface area contributed by atoms with Crippen LogP contribution in [0.5, 0.6) is 0 Å². The molecule has 2 aliphatic heterocycles. The van der Waals surface area contributed by atoms with Crippen molar-refractivity contribution in [2.45, 2.75) is 64.7 Å². The summed E-state index contributed by atoms with van der Waals surface area (Å²) in [5.74, 6) is 0. The molecule has 0 amide bonds. The summed E-state index contributed by atoms with van der Waals surface area (Å²) in [7, 11) is 2.48. The molecule has 4 aliphatic rings. The molecular formula is C56H48BN2. The van der Waals surface area contributed by atoms with Gasteiger partial charge in [0.15, 0.2) is 7.28 Å². The number of para-hydroxylation sites is 3. The molecule has 0 fully saturated rings. The van der Waals surface area contributed by atoms with E-state index in [1.165, 1.54) is 106 Å². The topological polar surface area (TPSA) is 15.3 Å². The maximum Gasteiger partial charge on any atom is 0.197 e. The lowest BCUT2D eigenvalue weighted by atomic mass is 9.56. The Kier molecular flexibility index (Phi) is 8.11. The van der Waals surface area contributed by atoms with Crippen LogP contribution in [0.4, 0.5) is 28.4 Å². The monoisotopic (exact) mass is 759 g/mol. The molecule has 0 saturated carbocycles. The van der Waals surface area contributed by atoms with Crippen molar-refractivity contribution in [2.75, 3.05) is 10.2 Å². The molecule has 0 bridgehead atoms. The highest BCUT2D eigenvalue weighted by Gasteiger charge is 2.50. The van der Waals surface area contributed by atoms with E-state index >= 15 is 0 Å². The van der Waals surface area contributed by atoms with Crippen molar-refractivity contribution in [3.63, 3.8) is 0 Å². The molecule has 7 aromatic carbocycles. The summed E-state index contributed by atoms with van der Waals surface area (Å²) >= 11 is 0. The molecule has 2 aliphatic carbocycles. The Balaban J connectivity index is 1.17. The molecular weight excluding hydrogens is 711 g/mol. The molecule has 3 heteroatoms. The van der Waals surface area contributed by atoms with Crippen LogP contribution in [0.2, 0.25) is 0 Å². The highest BCUT2D eigenvalue weighted by atomic mass is 15.1. The van der Waals surface area contributed by atoms with Crippen LogP contribution in [0.15, 0.2) is 163 Å². The number of hydrogen-bond acceptors (Lipinski definition) is 2. The normalized spacial score (nSPS) is 17.2. The van der Waals surface area contributed by atoms with Gasteiger partial charge in [-0.3, -0.25) is 0 Å². The quantitative estimate of drug-likeness (QED) is 0.180. The van der Waals surface area contributed by atoms with E-state index in [1.54, 1.807) is 0 Å². The summed E-state index contributed by atoms with van der Waals surface area (Å²) in [5, 5.41) is 4.12.